The minimum absolute atomic E-state index is 0.221. The van der Waals surface area contributed by atoms with Crippen molar-refractivity contribution < 1.29 is 4.39 Å². The molecule has 0 aliphatic rings. The summed E-state index contributed by atoms with van der Waals surface area (Å²) >= 11 is 0. The summed E-state index contributed by atoms with van der Waals surface area (Å²) in [5, 5.41) is 1.35. The molecule has 0 saturated heterocycles. The van der Waals surface area contributed by atoms with E-state index < -0.39 is 8.24 Å². The molecule has 0 fully saturated rings. The molecule has 0 radical (unpaired) electrons. The van der Waals surface area contributed by atoms with Crippen LogP contribution in [0.15, 0.2) is 48.8 Å². The van der Waals surface area contributed by atoms with Gasteiger partial charge in [-0.05, 0) is 41.1 Å². The lowest BCUT2D eigenvalue weighted by Crippen LogP contribution is -2.45. The van der Waals surface area contributed by atoms with Crippen LogP contribution < -0.4 is 0 Å². The van der Waals surface area contributed by atoms with Crippen molar-refractivity contribution >= 4 is 19.3 Å². The molecule has 3 aromatic rings. The molecule has 0 saturated carbocycles. The molecular weight excluding hydrogens is 303 g/mol. The highest BCUT2D eigenvalue weighted by Gasteiger charge is 2.38. The molecule has 4 heteroatoms. The summed E-state index contributed by atoms with van der Waals surface area (Å²) in [7, 11) is -1.70. The fourth-order valence-electron chi connectivity index (χ4n) is 2.66. The van der Waals surface area contributed by atoms with Crippen molar-refractivity contribution in [3.63, 3.8) is 0 Å². The monoisotopic (exact) mass is 326 g/mol. The van der Waals surface area contributed by atoms with E-state index in [9.17, 15) is 4.39 Å². The molecular formula is C19H23FN2Si. The molecule has 0 unspecified atom stereocenters. The predicted octanol–water partition coefficient (Wildman–Crippen LogP) is 5.70. The molecule has 0 N–H and O–H groups in total. The van der Waals surface area contributed by atoms with Crippen LogP contribution in [0.5, 0.6) is 0 Å². The van der Waals surface area contributed by atoms with Gasteiger partial charge in [-0.2, -0.15) is 0 Å². The van der Waals surface area contributed by atoms with Gasteiger partial charge in [0.25, 0.3) is 0 Å². The Morgan fingerprint density at radius 1 is 1.04 bits per heavy atom. The minimum atomic E-state index is -1.70. The van der Waals surface area contributed by atoms with Gasteiger partial charge in [0.15, 0.2) is 8.24 Å². The van der Waals surface area contributed by atoms with Gasteiger partial charge in [0.05, 0.1) is 0 Å². The molecule has 0 atom stereocenters. The van der Waals surface area contributed by atoms with Crippen LogP contribution in [0.4, 0.5) is 4.39 Å². The molecule has 23 heavy (non-hydrogen) atoms. The fourth-order valence-corrected chi connectivity index (χ4v) is 4.55. The lowest BCUT2D eigenvalue weighted by Gasteiger charge is -2.38. The first kappa shape index (κ1) is 15.9. The number of halogens is 1. The van der Waals surface area contributed by atoms with Gasteiger partial charge < -0.3 is 4.23 Å². The van der Waals surface area contributed by atoms with Crippen LogP contribution in [0.2, 0.25) is 18.1 Å². The van der Waals surface area contributed by atoms with E-state index in [4.69, 9.17) is 4.98 Å². The van der Waals surface area contributed by atoms with Gasteiger partial charge in [-0.1, -0.05) is 46.0 Å². The van der Waals surface area contributed by atoms with Crippen LogP contribution in [0, 0.1) is 5.82 Å². The Kier molecular flexibility index (Phi) is 3.67. The van der Waals surface area contributed by atoms with E-state index >= 15 is 0 Å². The van der Waals surface area contributed by atoms with Gasteiger partial charge in [0.2, 0.25) is 0 Å². The number of rotatable bonds is 2. The molecule has 2 aromatic heterocycles. The zero-order chi connectivity index (χ0) is 16.8. The summed E-state index contributed by atoms with van der Waals surface area (Å²) in [6.45, 7) is 11.6. The van der Waals surface area contributed by atoms with Crippen molar-refractivity contribution in [1.82, 2.24) is 9.22 Å². The summed E-state index contributed by atoms with van der Waals surface area (Å²) in [6.07, 6.45) is 4.01. The maximum absolute atomic E-state index is 13.4. The molecule has 0 aliphatic carbocycles. The molecule has 0 amide bonds. The Labute approximate surface area is 138 Å². The Hall–Kier alpha value is -1.94. The Morgan fingerprint density at radius 2 is 1.78 bits per heavy atom. The maximum atomic E-state index is 13.4. The summed E-state index contributed by atoms with van der Waals surface area (Å²) in [5.41, 5.74) is 2.83. The van der Waals surface area contributed by atoms with E-state index in [1.54, 1.807) is 12.1 Å². The van der Waals surface area contributed by atoms with Crippen molar-refractivity contribution in [3.05, 3.63) is 54.6 Å². The van der Waals surface area contributed by atoms with Crippen LogP contribution in [0.25, 0.3) is 22.2 Å². The number of hydrogen-bond acceptors (Lipinski definition) is 1. The van der Waals surface area contributed by atoms with Crippen molar-refractivity contribution in [2.75, 3.05) is 0 Å². The van der Waals surface area contributed by atoms with Crippen LogP contribution in [0.1, 0.15) is 20.8 Å². The average molecular weight is 326 g/mol. The first-order chi connectivity index (χ1) is 10.7. The second kappa shape index (κ2) is 5.30. The van der Waals surface area contributed by atoms with Crippen molar-refractivity contribution in [3.8, 4) is 11.1 Å². The Morgan fingerprint density at radius 3 is 2.43 bits per heavy atom. The summed E-state index contributed by atoms with van der Waals surface area (Å²) < 4.78 is 15.8. The van der Waals surface area contributed by atoms with E-state index in [0.29, 0.717) is 0 Å². The number of aromatic nitrogens is 2. The van der Waals surface area contributed by atoms with Gasteiger partial charge in [-0.15, -0.1) is 0 Å². The quantitative estimate of drug-likeness (QED) is 0.553. The summed E-state index contributed by atoms with van der Waals surface area (Å²) in [4.78, 5) is 4.70. The molecule has 0 bridgehead atoms. The van der Waals surface area contributed by atoms with E-state index in [1.165, 1.54) is 6.07 Å². The number of hydrogen-bond donors (Lipinski definition) is 0. The Bertz CT molecular complexity index is 859. The highest BCUT2D eigenvalue weighted by Crippen LogP contribution is 2.38. The number of pyridine rings is 1. The second-order valence-electron chi connectivity index (χ2n) is 7.64. The lowest BCUT2D eigenvalue weighted by atomic mass is 10.1. The van der Waals surface area contributed by atoms with E-state index in [1.807, 2.05) is 12.3 Å². The van der Waals surface area contributed by atoms with Crippen LogP contribution in [-0.2, 0) is 0 Å². The SMILES string of the molecule is CC(C)(C)[Si](C)(C)n1ccc2cc(-c3cccc(F)c3)cnc21. The molecule has 120 valence electrons. The first-order valence-corrected chi connectivity index (χ1v) is 10.9. The highest BCUT2D eigenvalue weighted by molar-refractivity contribution is 6.79. The number of fused-ring (bicyclic) bond motifs is 1. The average Bonchev–Trinajstić information content (AvgIpc) is 2.89. The third-order valence-corrected chi connectivity index (χ3v) is 10.4. The number of benzene rings is 1. The Balaban J connectivity index is 2.11. The third kappa shape index (κ3) is 2.72. The van der Waals surface area contributed by atoms with Gasteiger partial charge >= 0.3 is 0 Å². The zero-order valence-electron chi connectivity index (χ0n) is 14.4. The second-order valence-corrected chi connectivity index (χ2v) is 12.7. The highest BCUT2D eigenvalue weighted by atomic mass is 28.3. The third-order valence-electron chi connectivity index (χ3n) is 5.12. The smallest absolute Gasteiger partial charge is 0.163 e. The van der Waals surface area contributed by atoms with Crippen molar-refractivity contribution in [2.45, 2.75) is 38.9 Å². The molecule has 2 nitrogen and oxygen atoms in total. The minimum Gasteiger partial charge on any atom is -0.359 e. The molecule has 3 rings (SSSR count). The largest absolute Gasteiger partial charge is 0.359 e. The number of nitrogens with zero attached hydrogens (tertiary/aromatic N) is 2. The molecule has 2 heterocycles. The van der Waals surface area contributed by atoms with Crippen molar-refractivity contribution in [1.29, 1.82) is 0 Å². The lowest BCUT2D eigenvalue weighted by molar-refractivity contribution is 0.628. The van der Waals surface area contributed by atoms with Gasteiger partial charge in [-0.25, -0.2) is 9.37 Å². The van der Waals surface area contributed by atoms with Crippen LogP contribution >= 0.6 is 0 Å². The van der Waals surface area contributed by atoms with Gasteiger partial charge in [0.1, 0.15) is 11.5 Å². The standard InChI is InChI=1S/C19H23FN2Si/c1-19(2,3)23(4,5)22-10-9-15-11-16(13-21-18(15)22)14-7-6-8-17(20)12-14/h6-13H,1-5H3. The zero-order valence-corrected chi connectivity index (χ0v) is 15.4. The van der Waals surface area contributed by atoms with Crippen LogP contribution in [0.3, 0.4) is 0 Å². The predicted molar refractivity (Wildman–Crippen MR) is 97.7 cm³/mol. The summed E-state index contributed by atoms with van der Waals surface area (Å²) in [5.74, 6) is -0.221. The first-order valence-electron chi connectivity index (χ1n) is 7.94. The van der Waals surface area contributed by atoms with E-state index in [2.05, 4.69) is 56.4 Å². The van der Waals surface area contributed by atoms with E-state index in [-0.39, 0.29) is 10.9 Å². The van der Waals surface area contributed by atoms with Gasteiger partial charge in [0, 0.05) is 17.1 Å². The van der Waals surface area contributed by atoms with E-state index in [0.717, 1.165) is 22.2 Å². The summed E-state index contributed by atoms with van der Waals surface area (Å²) in [6, 6.07) is 10.9. The van der Waals surface area contributed by atoms with Gasteiger partial charge in [-0.3, -0.25) is 0 Å². The molecule has 1 aromatic carbocycles. The maximum Gasteiger partial charge on any atom is 0.163 e. The molecule has 0 spiro atoms. The normalized spacial score (nSPS) is 12.8. The fraction of sp³-hybridized carbons (Fsp3) is 0.316. The topological polar surface area (TPSA) is 17.8 Å². The van der Waals surface area contributed by atoms with Crippen molar-refractivity contribution in [2.24, 2.45) is 0 Å². The van der Waals surface area contributed by atoms with Crippen LogP contribution in [-0.4, -0.2) is 17.5 Å². The molecule has 0 aliphatic heterocycles.